The van der Waals surface area contributed by atoms with Crippen molar-refractivity contribution in [3.8, 4) is 0 Å². The summed E-state index contributed by atoms with van der Waals surface area (Å²) < 4.78 is 0. The van der Waals surface area contributed by atoms with Crippen LogP contribution in [0.4, 0.5) is 0 Å². The molecule has 1 saturated carbocycles. The standard InChI is InChI=1S/C9H18N2O/c1-7(11-9(12)6-10)8-4-2-3-5-8/h7-8H,2-6,10H2,1H3,(H,11,12)/t7-/m1/s1. The van der Waals surface area contributed by atoms with Gasteiger partial charge in [-0.2, -0.15) is 0 Å². The van der Waals surface area contributed by atoms with Gasteiger partial charge in [-0.1, -0.05) is 12.8 Å². The molecule has 0 spiro atoms. The van der Waals surface area contributed by atoms with Crippen LogP contribution < -0.4 is 11.1 Å². The topological polar surface area (TPSA) is 55.1 Å². The van der Waals surface area contributed by atoms with Gasteiger partial charge in [-0.15, -0.1) is 0 Å². The fourth-order valence-corrected chi connectivity index (χ4v) is 1.89. The summed E-state index contributed by atoms with van der Waals surface area (Å²) in [6.07, 6.45) is 5.14. The highest BCUT2D eigenvalue weighted by atomic mass is 16.1. The van der Waals surface area contributed by atoms with Crippen molar-refractivity contribution in [2.75, 3.05) is 6.54 Å². The van der Waals surface area contributed by atoms with E-state index in [-0.39, 0.29) is 12.5 Å². The van der Waals surface area contributed by atoms with Crippen LogP contribution in [-0.2, 0) is 4.79 Å². The van der Waals surface area contributed by atoms with Crippen molar-refractivity contribution in [1.82, 2.24) is 5.32 Å². The summed E-state index contributed by atoms with van der Waals surface area (Å²) in [5, 5.41) is 2.91. The highest BCUT2D eigenvalue weighted by Gasteiger charge is 2.21. The van der Waals surface area contributed by atoms with Gasteiger partial charge in [-0.05, 0) is 25.7 Å². The molecule has 0 heterocycles. The summed E-state index contributed by atoms with van der Waals surface area (Å²) in [5.41, 5.74) is 5.21. The van der Waals surface area contributed by atoms with Crippen LogP contribution in [0.15, 0.2) is 0 Å². The fourth-order valence-electron chi connectivity index (χ4n) is 1.89. The van der Waals surface area contributed by atoms with E-state index in [1.807, 2.05) is 0 Å². The molecule has 3 N–H and O–H groups in total. The molecule has 0 aromatic heterocycles. The van der Waals surface area contributed by atoms with Gasteiger partial charge in [0.25, 0.3) is 0 Å². The Bertz CT molecular complexity index is 153. The van der Waals surface area contributed by atoms with Gasteiger partial charge in [0, 0.05) is 6.04 Å². The lowest BCUT2D eigenvalue weighted by Crippen LogP contribution is -2.40. The highest BCUT2D eigenvalue weighted by molar-refractivity contribution is 5.78. The summed E-state index contributed by atoms with van der Waals surface area (Å²) in [4.78, 5) is 10.9. The van der Waals surface area contributed by atoms with E-state index in [9.17, 15) is 4.79 Å². The first kappa shape index (κ1) is 9.52. The van der Waals surface area contributed by atoms with Crippen LogP contribution in [0.5, 0.6) is 0 Å². The summed E-state index contributed by atoms with van der Waals surface area (Å²) >= 11 is 0. The van der Waals surface area contributed by atoms with E-state index in [1.54, 1.807) is 0 Å². The molecular weight excluding hydrogens is 152 g/mol. The first-order valence-electron chi connectivity index (χ1n) is 4.73. The molecular formula is C9H18N2O. The van der Waals surface area contributed by atoms with Gasteiger partial charge in [0.2, 0.25) is 5.91 Å². The number of nitrogens with two attached hydrogens (primary N) is 1. The molecule has 0 saturated heterocycles. The number of nitrogens with one attached hydrogen (secondary N) is 1. The number of rotatable bonds is 3. The van der Waals surface area contributed by atoms with Gasteiger partial charge < -0.3 is 11.1 Å². The summed E-state index contributed by atoms with van der Waals surface area (Å²) in [6, 6.07) is 0.309. The van der Waals surface area contributed by atoms with E-state index in [2.05, 4.69) is 12.2 Å². The van der Waals surface area contributed by atoms with Gasteiger partial charge in [0.1, 0.15) is 0 Å². The molecule has 1 aliphatic rings. The first-order chi connectivity index (χ1) is 5.74. The third-order valence-corrected chi connectivity index (χ3v) is 2.68. The average molecular weight is 170 g/mol. The zero-order valence-electron chi connectivity index (χ0n) is 7.68. The number of hydrogen-bond donors (Lipinski definition) is 2. The molecule has 0 aromatic carbocycles. The van der Waals surface area contributed by atoms with Crippen molar-refractivity contribution in [2.24, 2.45) is 11.7 Å². The van der Waals surface area contributed by atoms with E-state index in [4.69, 9.17) is 5.73 Å². The molecule has 1 rings (SSSR count). The van der Waals surface area contributed by atoms with Crippen LogP contribution in [0.1, 0.15) is 32.6 Å². The van der Waals surface area contributed by atoms with Gasteiger partial charge >= 0.3 is 0 Å². The molecule has 3 nitrogen and oxygen atoms in total. The lowest BCUT2D eigenvalue weighted by Gasteiger charge is -2.19. The molecule has 1 aliphatic carbocycles. The molecule has 0 aromatic rings. The van der Waals surface area contributed by atoms with Crippen LogP contribution in [0.3, 0.4) is 0 Å². The molecule has 0 bridgehead atoms. The summed E-state index contributed by atoms with van der Waals surface area (Å²) in [5.74, 6) is 0.648. The molecule has 1 amide bonds. The predicted molar refractivity (Wildman–Crippen MR) is 48.6 cm³/mol. The second-order valence-electron chi connectivity index (χ2n) is 3.60. The Kier molecular flexibility index (Phi) is 3.53. The second-order valence-corrected chi connectivity index (χ2v) is 3.60. The van der Waals surface area contributed by atoms with E-state index in [0.717, 1.165) is 0 Å². The lowest BCUT2D eigenvalue weighted by molar-refractivity contribution is -0.120. The average Bonchev–Trinajstić information content (AvgIpc) is 2.56. The van der Waals surface area contributed by atoms with E-state index in [0.29, 0.717) is 12.0 Å². The molecule has 0 unspecified atom stereocenters. The third kappa shape index (κ3) is 2.48. The minimum Gasteiger partial charge on any atom is -0.352 e. The monoisotopic (exact) mass is 170 g/mol. The van der Waals surface area contributed by atoms with Crippen LogP contribution in [0.2, 0.25) is 0 Å². The largest absolute Gasteiger partial charge is 0.352 e. The Morgan fingerprint density at radius 2 is 2.17 bits per heavy atom. The van der Waals surface area contributed by atoms with E-state index in [1.165, 1.54) is 25.7 Å². The summed E-state index contributed by atoms with van der Waals surface area (Å²) in [7, 11) is 0. The zero-order chi connectivity index (χ0) is 8.97. The van der Waals surface area contributed by atoms with Gasteiger partial charge in [0.05, 0.1) is 6.54 Å². The van der Waals surface area contributed by atoms with Gasteiger partial charge in [-0.25, -0.2) is 0 Å². The Labute approximate surface area is 73.7 Å². The van der Waals surface area contributed by atoms with Crippen molar-refractivity contribution in [3.05, 3.63) is 0 Å². The number of hydrogen-bond acceptors (Lipinski definition) is 2. The Hall–Kier alpha value is -0.570. The Morgan fingerprint density at radius 1 is 1.58 bits per heavy atom. The SMILES string of the molecule is C[C@@H](NC(=O)CN)C1CCCC1. The molecule has 1 atom stereocenters. The second kappa shape index (κ2) is 4.45. The van der Waals surface area contributed by atoms with Crippen molar-refractivity contribution >= 4 is 5.91 Å². The number of carbonyl (C=O) groups excluding carboxylic acids is 1. The molecule has 0 aliphatic heterocycles. The normalized spacial score (nSPS) is 20.8. The maximum absolute atomic E-state index is 10.9. The van der Waals surface area contributed by atoms with Crippen molar-refractivity contribution in [1.29, 1.82) is 0 Å². The van der Waals surface area contributed by atoms with Crippen LogP contribution in [0.25, 0.3) is 0 Å². The van der Waals surface area contributed by atoms with E-state index >= 15 is 0 Å². The van der Waals surface area contributed by atoms with Crippen molar-refractivity contribution in [2.45, 2.75) is 38.6 Å². The Balaban J connectivity index is 2.26. The van der Waals surface area contributed by atoms with Crippen LogP contribution in [0, 0.1) is 5.92 Å². The minimum absolute atomic E-state index is 0.0330. The summed E-state index contributed by atoms with van der Waals surface area (Å²) in [6.45, 7) is 2.18. The molecule has 70 valence electrons. The van der Waals surface area contributed by atoms with Gasteiger partial charge in [-0.3, -0.25) is 4.79 Å². The fraction of sp³-hybridized carbons (Fsp3) is 0.889. The quantitative estimate of drug-likeness (QED) is 0.653. The van der Waals surface area contributed by atoms with Crippen molar-refractivity contribution in [3.63, 3.8) is 0 Å². The van der Waals surface area contributed by atoms with Crippen LogP contribution >= 0.6 is 0 Å². The highest BCUT2D eigenvalue weighted by Crippen LogP contribution is 2.27. The predicted octanol–water partition coefficient (Wildman–Crippen LogP) is 0.640. The zero-order valence-corrected chi connectivity index (χ0v) is 7.68. The lowest BCUT2D eigenvalue weighted by atomic mass is 10.00. The molecule has 0 radical (unpaired) electrons. The number of carbonyl (C=O) groups is 1. The van der Waals surface area contributed by atoms with Crippen molar-refractivity contribution < 1.29 is 4.79 Å². The maximum atomic E-state index is 10.9. The molecule has 12 heavy (non-hydrogen) atoms. The third-order valence-electron chi connectivity index (χ3n) is 2.68. The minimum atomic E-state index is -0.0330. The first-order valence-corrected chi connectivity index (χ1v) is 4.73. The van der Waals surface area contributed by atoms with E-state index < -0.39 is 0 Å². The molecule has 1 fully saturated rings. The van der Waals surface area contributed by atoms with Gasteiger partial charge in [0.15, 0.2) is 0 Å². The maximum Gasteiger partial charge on any atom is 0.233 e. The van der Waals surface area contributed by atoms with Crippen LogP contribution in [-0.4, -0.2) is 18.5 Å². The number of amides is 1. The molecule has 3 heteroatoms. The Morgan fingerprint density at radius 3 is 2.67 bits per heavy atom. The smallest absolute Gasteiger partial charge is 0.233 e.